The Kier molecular flexibility index (Phi) is 3.16. The van der Waals surface area contributed by atoms with E-state index in [1.807, 2.05) is 0 Å². The zero-order chi connectivity index (χ0) is 11.7. The van der Waals surface area contributed by atoms with Crippen LogP contribution in [0.4, 0.5) is 0 Å². The predicted molar refractivity (Wildman–Crippen MR) is 64.5 cm³/mol. The standard InChI is InChI=1S/C13H20N2O2/c16-13(12-6-9-1-2-10(12)5-9)15-8-11-7-14-3-4-17-11/h1-2,9-12,14H,3-8H2,(H,15,16). The van der Waals surface area contributed by atoms with Crippen molar-refractivity contribution in [1.29, 1.82) is 0 Å². The smallest absolute Gasteiger partial charge is 0.223 e. The highest BCUT2D eigenvalue weighted by Gasteiger charge is 2.39. The summed E-state index contributed by atoms with van der Waals surface area (Å²) in [7, 11) is 0. The first-order valence-corrected chi connectivity index (χ1v) is 6.61. The lowest BCUT2D eigenvalue weighted by molar-refractivity contribution is -0.126. The molecule has 2 aliphatic carbocycles. The summed E-state index contributed by atoms with van der Waals surface area (Å²) in [4.78, 5) is 12.1. The number of fused-ring (bicyclic) bond motifs is 2. The molecule has 1 aliphatic heterocycles. The van der Waals surface area contributed by atoms with Crippen LogP contribution in [0.25, 0.3) is 0 Å². The summed E-state index contributed by atoms with van der Waals surface area (Å²) in [6.07, 6.45) is 6.84. The van der Waals surface area contributed by atoms with E-state index in [-0.39, 0.29) is 17.9 Å². The molecule has 0 aromatic heterocycles. The van der Waals surface area contributed by atoms with Gasteiger partial charge in [-0.15, -0.1) is 0 Å². The molecule has 1 amide bonds. The number of ether oxygens (including phenoxy) is 1. The summed E-state index contributed by atoms with van der Waals surface area (Å²) in [5.74, 6) is 1.58. The van der Waals surface area contributed by atoms with E-state index in [0.717, 1.165) is 26.1 Å². The lowest BCUT2D eigenvalue weighted by atomic mass is 9.93. The summed E-state index contributed by atoms with van der Waals surface area (Å²) in [6, 6.07) is 0. The Hall–Kier alpha value is -0.870. The van der Waals surface area contributed by atoms with Crippen LogP contribution in [-0.2, 0) is 9.53 Å². The molecular formula is C13H20N2O2. The summed E-state index contributed by atoms with van der Waals surface area (Å²) >= 11 is 0. The van der Waals surface area contributed by atoms with Gasteiger partial charge in [0.2, 0.25) is 5.91 Å². The van der Waals surface area contributed by atoms with Crippen molar-refractivity contribution in [1.82, 2.24) is 10.6 Å². The fourth-order valence-corrected chi connectivity index (χ4v) is 3.18. The molecule has 4 nitrogen and oxygen atoms in total. The van der Waals surface area contributed by atoms with Gasteiger partial charge >= 0.3 is 0 Å². The number of allylic oxidation sites excluding steroid dienone is 2. The second-order valence-corrected chi connectivity index (χ2v) is 5.33. The van der Waals surface area contributed by atoms with E-state index in [4.69, 9.17) is 4.74 Å². The van der Waals surface area contributed by atoms with Gasteiger partial charge < -0.3 is 15.4 Å². The number of morpholine rings is 1. The average Bonchev–Trinajstić information content (AvgIpc) is 2.99. The van der Waals surface area contributed by atoms with Gasteiger partial charge in [0.05, 0.1) is 12.7 Å². The molecule has 17 heavy (non-hydrogen) atoms. The first-order chi connectivity index (χ1) is 8.33. The van der Waals surface area contributed by atoms with Crippen molar-refractivity contribution < 1.29 is 9.53 Å². The number of hydrogen-bond acceptors (Lipinski definition) is 3. The normalized spacial score (nSPS) is 39.5. The fourth-order valence-electron chi connectivity index (χ4n) is 3.18. The highest BCUT2D eigenvalue weighted by Crippen LogP contribution is 2.43. The van der Waals surface area contributed by atoms with Crippen LogP contribution in [0, 0.1) is 17.8 Å². The summed E-state index contributed by atoms with van der Waals surface area (Å²) < 4.78 is 5.56. The van der Waals surface area contributed by atoms with Crippen LogP contribution in [-0.4, -0.2) is 38.3 Å². The van der Waals surface area contributed by atoms with Gasteiger partial charge in [-0.2, -0.15) is 0 Å². The molecule has 2 fully saturated rings. The molecule has 2 bridgehead atoms. The quantitative estimate of drug-likeness (QED) is 0.693. The molecule has 94 valence electrons. The highest BCUT2D eigenvalue weighted by atomic mass is 16.5. The summed E-state index contributed by atoms with van der Waals surface area (Å²) in [5, 5.41) is 6.31. The van der Waals surface area contributed by atoms with E-state index >= 15 is 0 Å². The number of amides is 1. The Morgan fingerprint density at radius 3 is 3.00 bits per heavy atom. The number of rotatable bonds is 3. The molecule has 0 aromatic carbocycles. The largest absolute Gasteiger partial charge is 0.374 e. The van der Waals surface area contributed by atoms with Crippen molar-refractivity contribution in [2.75, 3.05) is 26.2 Å². The Bertz CT molecular complexity index is 323. The molecule has 3 rings (SSSR count). The van der Waals surface area contributed by atoms with Crippen molar-refractivity contribution in [3.05, 3.63) is 12.2 Å². The Balaban J connectivity index is 1.45. The molecule has 4 unspecified atom stereocenters. The van der Waals surface area contributed by atoms with Crippen molar-refractivity contribution in [2.24, 2.45) is 17.8 Å². The Morgan fingerprint density at radius 2 is 2.35 bits per heavy atom. The van der Waals surface area contributed by atoms with Crippen molar-refractivity contribution in [2.45, 2.75) is 18.9 Å². The van der Waals surface area contributed by atoms with Crippen molar-refractivity contribution in [3.63, 3.8) is 0 Å². The number of hydrogen-bond donors (Lipinski definition) is 2. The van der Waals surface area contributed by atoms with Gasteiger partial charge in [-0.05, 0) is 24.7 Å². The van der Waals surface area contributed by atoms with Crippen molar-refractivity contribution >= 4 is 5.91 Å². The maximum absolute atomic E-state index is 12.1. The first kappa shape index (κ1) is 11.2. The molecular weight excluding hydrogens is 216 g/mol. The van der Waals surface area contributed by atoms with E-state index in [1.165, 1.54) is 6.42 Å². The van der Waals surface area contributed by atoms with Crippen LogP contribution in [0.15, 0.2) is 12.2 Å². The molecule has 0 aromatic rings. The van der Waals surface area contributed by atoms with Crippen LogP contribution >= 0.6 is 0 Å². The van der Waals surface area contributed by atoms with Gasteiger partial charge in [0.15, 0.2) is 0 Å². The zero-order valence-electron chi connectivity index (χ0n) is 10.0. The highest BCUT2D eigenvalue weighted by molar-refractivity contribution is 5.80. The van der Waals surface area contributed by atoms with E-state index in [2.05, 4.69) is 22.8 Å². The van der Waals surface area contributed by atoms with Crippen LogP contribution in [0.2, 0.25) is 0 Å². The maximum Gasteiger partial charge on any atom is 0.223 e. The first-order valence-electron chi connectivity index (χ1n) is 6.61. The third-order valence-electron chi connectivity index (χ3n) is 4.12. The SMILES string of the molecule is O=C(NCC1CNCCO1)C1CC2C=CC1C2. The molecule has 1 heterocycles. The second-order valence-electron chi connectivity index (χ2n) is 5.33. The maximum atomic E-state index is 12.1. The van der Waals surface area contributed by atoms with Crippen LogP contribution in [0.1, 0.15) is 12.8 Å². The van der Waals surface area contributed by atoms with E-state index in [9.17, 15) is 4.79 Å². The lowest BCUT2D eigenvalue weighted by Crippen LogP contribution is -2.46. The minimum atomic E-state index is 0.141. The summed E-state index contributed by atoms with van der Waals surface area (Å²) in [6.45, 7) is 3.15. The number of carbonyl (C=O) groups excluding carboxylic acids is 1. The average molecular weight is 236 g/mol. The second kappa shape index (κ2) is 4.78. The third-order valence-corrected chi connectivity index (χ3v) is 4.12. The van der Waals surface area contributed by atoms with Crippen LogP contribution < -0.4 is 10.6 Å². The van der Waals surface area contributed by atoms with E-state index in [1.54, 1.807) is 0 Å². The zero-order valence-corrected chi connectivity index (χ0v) is 10.0. The van der Waals surface area contributed by atoms with Gasteiger partial charge in [0.1, 0.15) is 0 Å². The minimum Gasteiger partial charge on any atom is -0.374 e. The van der Waals surface area contributed by atoms with Gasteiger partial charge in [0.25, 0.3) is 0 Å². The van der Waals surface area contributed by atoms with E-state index < -0.39 is 0 Å². The van der Waals surface area contributed by atoms with Gasteiger partial charge in [-0.1, -0.05) is 12.2 Å². The molecule has 1 saturated heterocycles. The fraction of sp³-hybridized carbons (Fsp3) is 0.769. The lowest BCUT2D eigenvalue weighted by Gasteiger charge is -2.25. The third kappa shape index (κ3) is 2.38. The molecule has 3 aliphatic rings. The molecule has 0 radical (unpaired) electrons. The van der Waals surface area contributed by atoms with Gasteiger partial charge in [-0.3, -0.25) is 4.79 Å². The Labute approximate surface area is 102 Å². The molecule has 4 atom stereocenters. The molecule has 0 spiro atoms. The topological polar surface area (TPSA) is 50.4 Å². The van der Waals surface area contributed by atoms with E-state index in [0.29, 0.717) is 18.4 Å². The molecule has 4 heteroatoms. The molecule has 2 N–H and O–H groups in total. The number of carbonyl (C=O) groups is 1. The van der Waals surface area contributed by atoms with Crippen LogP contribution in [0.5, 0.6) is 0 Å². The monoisotopic (exact) mass is 236 g/mol. The molecule has 1 saturated carbocycles. The minimum absolute atomic E-state index is 0.141. The number of nitrogens with one attached hydrogen (secondary N) is 2. The van der Waals surface area contributed by atoms with Gasteiger partial charge in [0, 0.05) is 25.6 Å². The summed E-state index contributed by atoms with van der Waals surface area (Å²) in [5.41, 5.74) is 0. The van der Waals surface area contributed by atoms with Crippen LogP contribution in [0.3, 0.4) is 0 Å². The van der Waals surface area contributed by atoms with Crippen molar-refractivity contribution in [3.8, 4) is 0 Å². The Morgan fingerprint density at radius 1 is 1.41 bits per heavy atom. The predicted octanol–water partition coefficient (Wildman–Crippen LogP) is 0.303. The van der Waals surface area contributed by atoms with Gasteiger partial charge in [-0.25, -0.2) is 0 Å².